The Morgan fingerprint density at radius 1 is 1.28 bits per heavy atom. The van der Waals surface area contributed by atoms with Crippen LogP contribution in [0.4, 0.5) is 0 Å². The van der Waals surface area contributed by atoms with Crippen LogP contribution in [0, 0.1) is 0 Å². The van der Waals surface area contributed by atoms with Gasteiger partial charge in [0.25, 0.3) is 0 Å². The number of rotatable bonds is 5. The van der Waals surface area contributed by atoms with Crippen LogP contribution in [0.3, 0.4) is 0 Å². The molecular formula is C19H22N2O4. The van der Waals surface area contributed by atoms with Crippen molar-refractivity contribution in [3.8, 4) is 11.5 Å². The summed E-state index contributed by atoms with van der Waals surface area (Å²) in [5.41, 5.74) is 0.959. The standard InChI is InChI=1S/C19H22N2O4/c1-23-16-6-4-15(5-7-16)11-19(22)21-9-10-24-14-18(13-21)25-17-3-2-8-20-12-17/h2-8,12,18H,9-11,13-14H2,1H3/t18-/m1/s1. The zero-order valence-electron chi connectivity index (χ0n) is 14.3. The van der Waals surface area contributed by atoms with E-state index in [0.717, 1.165) is 11.3 Å². The van der Waals surface area contributed by atoms with Gasteiger partial charge in [-0.1, -0.05) is 12.1 Å². The summed E-state index contributed by atoms with van der Waals surface area (Å²) in [6.07, 6.45) is 3.51. The van der Waals surface area contributed by atoms with E-state index in [2.05, 4.69) is 4.98 Å². The van der Waals surface area contributed by atoms with Gasteiger partial charge >= 0.3 is 0 Å². The molecule has 1 atom stereocenters. The fourth-order valence-corrected chi connectivity index (χ4v) is 2.72. The second-order valence-corrected chi connectivity index (χ2v) is 5.87. The van der Waals surface area contributed by atoms with E-state index in [1.807, 2.05) is 36.4 Å². The van der Waals surface area contributed by atoms with Crippen molar-refractivity contribution in [1.82, 2.24) is 9.88 Å². The largest absolute Gasteiger partial charge is 0.497 e. The van der Waals surface area contributed by atoms with Gasteiger partial charge in [-0.05, 0) is 29.8 Å². The summed E-state index contributed by atoms with van der Waals surface area (Å²) in [5.74, 6) is 1.53. The van der Waals surface area contributed by atoms with Crippen molar-refractivity contribution >= 4 is 5.91 Å². The van der Waals surface area contributed by atoms with Crippen LogP contribution < -0.4 is 9.47 Å². The van der Waals surface area contributed by atoms with Gasteiger partial charge in [0.1, 0.15) is 17.6 Å². The van der Waals surface area contributed by atoms with Gasteiger partial charge in [0.15, 0.2) is 0 Å². The highest BCUT2D eigenvalue weighted by Gasteiger charge is 2.23. The lowest BCUT2D eigenvalue weighted by Gasteiger charge is -2.24. The molecule has 0 saturated carbocycles. The van der Waals surface area contributed by atoms with Crippen LogP contribution in [-0.2, 0) is 16.0 Å². The lowest BCUT2D eigenvalue weighted by molar-refractivity contribution is -0.131. The molecular weight excluding hydrogens is 320 g/mol. The first-order chi connectivity index (χ1) is 12.2. The number of ether oxygens (including phenoxy) is 3. The Labute approximate surface area is 147 Å². The average Bonchev–Trinajstić information content (AvgIpc) is 2.89. The highest BCUT2D eigenvalue weighted by molar-refractivity contribution is 5.78. The van der Waals surface area contributed by atoms with E-state index in [0.29, 0.717) is 38.5 Å². The van der Waals surface area contributed by atoms with Crippen LogP contribution in [0.1, 0.15) is 5.56 Å². The predicted octanol–water partition coefficient (Wildman–Crippen LogP) is 1.94. The topological polar surface area (TPSA) is 60.9 Å². The van der Waals surface area contributed by atoms with E-state index in [1.54, 1.807) is 24.4 Å². The Kier molecular flexibility index (Phi) is 5.85. The molecule has 0 aliphatic carbocycles. The second-order valence-electron chi connectivity index (χ2n) is 5.87. The first kappa shape index (κ1) is 17.2. The van der Waals surface area contributed by atoms with Crippen LogP contribution in [-0.4, -0.2) is 55.3 Å². The monoisotopic (exact) mass is 342 g/mol. The normalized spacial score (nSPS) is 17.6. The lowest BCUT2D eigenvalue weighted by Crippen LogP contribution is -2.40. The van der Waals surface area contributed by atoms with E-state index >= 15 is 0 Å². The number of aromatic nitrogens is 1. The summed E-state index contributed by atoms with van der Waals surface area (Å²) >= 11 is 0. The minimum atomic E-state index is -0.202. The molecule has 25 heavy (non-hydrogen) atoms. The number of methoxy groups -OCH3 is 1. The maximum Gasteiger partial charge on any atom is 0.227 e. The highest BCUT2D eigenvalue weighted by Crippen LogP contribution is 2.15. The maximum atomic E-state index is 12.6. The molecule has 0 unspecified atom stereocenters. The average molecular weight is 342 g/mol. The molecule has 2 heterocycles. The molecule has 1 saturated heterocycles. The van der Waals surface area contributed by atoms with Crippen LogP contribution in [0.2, 0.25) is 0 Å². The smallest absolute Gasteiger partial charge is 0.227 e. The van der Waals surface area contributed by atoms with Crippen LogP contribution in [0.15, 0.2) is 48.8 Å². The summed E-state index contributed by atoms with van der Waals surface area (Å²) < 4.78 is 16.6. The minimum Gasteiger partial charge on any atom is -0.497 e. The predicted molar refractivity (Wildman–Crippen MR) is 92.8 cm³/mol. The Morgan fingerprint density at radius 2 is 2.12 bits per heavy atom. The SMILES string of the molecule is COc1ccc(CC(=O)N2CCOC[C@H](Oc3cccnc3)C2)cc1. The molecule has 1 aliphatic rings. The number of hydrogen-bond acceptors (Lipinski definition) is 5. The van der Waals surface area contributed by atoms with E-state index in [4.69, 9.17) is 14.2 Å². The van der Waals surface area contributed by atoms with Crippen LogP contribution in [0.5, 0.6) is 11.5 Å². The third-order valence-electron chi connectivity index (χ3n) is 4.04. The van der Waals surface area contributed by atoms with Crippen LogP contribution in [0.25, 0.3) is 0 Å². The Hall–Kier alpha value is -2.60. The summed E-state index contributed by atoms with van der Waals surface area (Å²) in [7, 11) is 1.62. The fraction of sp³-hybridized carbons (Fsp3) is 0.368. The molecule has 0 radical (unpaired) electrons. The number of nitrogens with zero attached hydrogens (tertiary/aromatic N) is 2. The zero-order chi connectivity index (χ0) is 17.5. The summed E-state index contributed by atoms with van der Waals surface area (Å²) in [4.78, 5) is 18.5. The third-order valence-corrected chi connectivity index (χ3v) is 4.04. The quantitative estimate of drug-likeness (QED) is 0.831. The van der Waals surface area contributed by atoms with Gasteiger partial charge in [0.05, 0.1) is 39.5 Å². The lowest BCUT2D eigenvalue weighted by atomic mass is 10.1. The summed E-state index contributed by atoms with van der Waals surface area (Å²) in [5, 5.41) is 0. The van der Waals surface area contributed by atoms with Gasteiger partial charge < -0.3 is 19.1 Å². The van der Waals surface area contributed by atoms with Crippen molar-refractivity contribution in [2.75, 3.05) is 33.4 Å². The fourth-order valence-electron chi connectivity index (χ4n) is 2.72. The van der Waals surface area contributed by atoms with E-state index in [1.165, 1.54) is 0 Å². The number of hydrogen-bond donors (Lipinski definition) is 0. The van der Waals surface area contributed by atoms with Gasteiger partial charge in [-0.15, -0.1) is 0 Å². The van der Waals surface area contributed by atoms with Crippen LogP contribution >= 0.6 is 0 Å². The van der Waals surface area contributed by atoms with Crippen molar-refractivity contribution < 1.29 is 19.0 Å². The second kappa shape index (κ2) is 8.48. The van der Waals surface area contributed by atoms with Crippen molar-refractivity contribution in [3.63, 3.8) is 0 Å². The maximum absolute atomic E-state index is 12.6. The molecule has 6 heteroatoms. The van der Waals surface area contributed by atoms with E-state index < -0.39 is 0 Å². The van der Waals surface area contributed by atoms with Crippen molar-refractivity contribution in [2.24, 2.45) is 0 Å². The molecule has 0 spiro atoms. The molecule has 132 valence electrons. The molecule has 1 aromatic heterocycles. The molecule has 3 rings (SSSR count). The number of amides is 1. The van der Waals surface area contributed by atoms with Gasteiger partial charge in [-0.25, -0.2) is 0 Å². The van der Waals surface area contributed by atoms with Gasteiger partial charge in [-0.2, -0.15) is 0 Å². The van der Waals surface area contributed by atoms with E-state index in [-0.39, 0.29) is 12.0 Å². The Balaban J connectivity index is 1.60. The molecule has 1 aliphatic heterocycles. The third kappa shape index (κ3) is 4.93. The zero-order valence-corrected chi connectivity index (χ0v) is 14.3. The Bertz CT molecular complexity index is 676. The van der Waals surface area contributed by atoms with E-state index in [9.17, 15) is 4.79 Å². The molecule has 2 aromatic rings. The number of carbonyl (C=O) groups excluding carboxylic acids is 1. The Morgan fingerprint density at radius 3 is 2.84 bits per heavy atom. The molecule has 6 nitrogen and oxygen atoms in total. The highest BCUT2D eigenvalue weighted by atomic mass is 16.5. The molecule has 1 fully saturated rings. The molecule has 0 N–H and O–H groups in total. The number of carbonyl (C=O) groups is 1. The summed E-state index contributed by atoms with van der Waals surface area (Å²) in [6, 6.07) is 11.2. The molecule has 0 bridgehead atoms. The van der Waals surface area contributed by atoms with Crippen molar-refractivity contribution in [3.05, 3.63) is 54.4 Å². The minimum absolute atomic E-state index is 0.0652. The van der Waals surface area contributed by atoms with Gasteiger partial charge in [-0.3, -0.25) is 9.78 Å². The summed E-state index contributed by atoms with van der Waals surface area (Å²) in [6.45, 7) is 2.05. The van der Waals surface area contributed by atoms with Gasteiger partial charge in [0.2, 0.25) is 5.91 Å². The van der Waals surface area contributed by atoms with Crippen molar-refractivity contribution in [1.29, 1.82) is 0 Å². The molecule has 1 aromatic carbocycles. The van der Waals surface area contributed by atoms with Gasteiger partial charge in [0, 0.05) is 12.7 Å². The number of benzene rings is 1. The first-order valence-corrected chi connectivity index (χ1v) is 8.30. The number of pyridine rings is 1. The first-order valence-electron chi connectivity index (χ1n) is 8.30. The molecule has 1 amide bonds. The van der Waals surface area contributed by atoms with Crippen molar-refractivity contribution in [2.45, 2.75) is 12.5 Å².